The fraction of sp³-hybridized carbons (Fsp3) is 0.562. The van der Waals surface area contributed by atoms with Crippen LogP contribution >= 0.6 is 11.6 Å². The van der Waals surface area contributed by atoms with E-state index in [9.17, 15) is 0 Å². The molecule has 20 heavy (non-hydrogen) atoms. The van der Waals surface area contributed by atoms with Crippen LogP contribution in [0.2, 0.25) is 0 Å². The Morgan fingerprint density at radius 1 is 1.25 bits per heavy atom. The maximum atomic E-state index is 6.11. The quantitative estimate of drug-likeness (QED) is 0.799. The van der Waals surface area contributed by atoms with E-state index in [0.717, 1.165) is 11.3 Å². The number of alkyl halides is 1. The second-order valence-corrected chi connectivity index (χ2v) is 5.86. The molecule has 0 N–H and O–H groups in total. The molecule has 0 unspecified atom stereocenters. The molecule has 1 aromatic carbocycles. The third-order valence-corrected chi connectivity index (χ3v) is 4.49. The summed E-state index contributed by atoms with van der Waals surface area (Å²) in [6, 6.07) is 8.92. The Labute approximate surface area is 125 Å². The fourth-order valence-corrected chi connectivity index (χ4v) is 3.50. The van der Waals surface area contributed by atoms with Gasteiger partial charge < -0.3 is 9.47 Å². The van der Waals surface area contributed by atoms with Gasteiger partial charge in [-0.1, -0.05) is 19.1 Å². The van der Waals surface area contributed by atoms with Gasteiger partial charge in [-0.2, -0.15) is 0 Å². The third kappa shape index (κ3) is 2.57. The van der Waals surface area contributed by atoms with Gasteiger partial charge in [-0.3, -0.25) is 0 Å². The Bertz CT molecular complexity index is 570. The van der Waals surface area contributed by atoms with Crippen LogP contribution in [-0.4, -0.2) is 34.1 Å². The third-order valence-electron chi connectivity index (χ3n) is 4.25. The monoisotopic (exact) mass is 291 g/mol. The Morgan fingerprint density at radius 3 is 2.70 bits per heavy atom. The number of para-hydroxylation sites is 2. The minimum absolute atomic E-state index is 0.490. The SMILES string of the molecule is CCCN1CCC(n2c(CCl)nc3ccccc32)CC1. The van der Waals surface area contributed by atoms with Crippen LogP contribution in [0.1, 0.15) is 38.1 Å². The van der Waals surface area contributed by atoms with Gasteiger partial charge in [0.2, 0.25) is 0 Å². The van der Waals surface area contributed by atoms with Crippen LogP contribution in [0.4, 0.5) is 0 Å². The van der Waals surface area contributed by atoms with Gasteiger partial charge in [0.1, 0.15) is 5.82 Å². The lowest BCUT2D eigenvalue weighted by atomic mass is 10.0. The van der Waals surface area contributed by atoms with E-state index in [-0.39, 0.29) is 0 Å². The van der Waals surface area contributed by atoms with E-state index in [4.69, 9.17) is 11.6 Å². The zero-order chi connectivity index (χ0) is 13.9. The molecule has 1 aliphatic heterocycles. The summed E-state index contributed by atoms with van der Waals surface area (Å²) in [5.41, 5.74) is 2.30. The van der Waals surface area contributed by atoms with Crippen LogP contribution in [0.3, 0.4) is 0 Å². The summed E-state index contributed by atoms with van der Waals surface area (Å²) in [5, 5.41) is 0. The van der Waals surface area contributed by atoms with Crippen molar-refractivity contribution in [2.45, 2.75) is 38.1 Å². The van der Waals surface area contributed by atoms with Gasteiger partial charge in [-0.15, -0.1) is 11.6 Å². The molecule has 3 rings (SSSR count). The first-order chi connectivity index (χ1) is 9.83. The molecule has 0 spiro atoms. The van der Waals surface area contributed by atoms with Crippen LogP contribution in [-0.2, 0) is 5.88 Å². The summed E-state index contributed by atoms with van der Waals surface area (Å²) in [4.78, 5) is 7.24. The molecule has 2 heterocycles. The zero-order valence-corrected chi connectivity index (χ0v) is 12.8. The second-order valence-electron chi connectivity index (χ2n) is 5.59. The normalized spacial score (nSPS) is 17.9. The van der Waals surface area contributed by atoms with Gasteiger partial charge in [0.25, 0.3) is 0 Å². The molecule has 0 bridgehead atoms. The number of rotatable bonds is 4. The number of piperidine rings is 1. The van der Waals surface area contributed by atoms with Crippen LogP contribution in [0.15, 0.2) is 24.3 Å². The maximum Gasteiger partial charge on any atom is 0.125 e. The van der Waals surface area contributed by atoms with E-state index < -0.39 is 0 Å². The number of aromatic nitrogens is 2. The highest BCUT2D eigenvalue weighted by Gasteiger charge is 2.23. The summed E-state index contributed by atoms with van der Waals surface area (Å²) >= 11 is 6.11. The van der Waals surface area contributed by atoms with Gasteiger partial charge in [-0.25, -0.2) is 4.98 Å². The summed E-state index contributed by atoms with van der Waals surface area (Å²) in [6.07, 6.45) is 3.64. The highest BCUT2D eigenvalue weighted by molar-refractivity contribution is 6.16. The van der Waals surface area contributed by atoms with E-state index in [1.165, 1.54) is 44.4 Å². The summed E-state index contributed by atoms with van der Waals surface area (Å²) in [7, 11) is 0. The molecule has 108 valence electrons. The van der Waals surface area contributed by atoms with Gasteiger partial charge in [-0.05, 0) is 37.9 Å². The highest BCUT2D eigenvalue weighted by atomic mass is 35.5. The number of likely N-dealkylation sites (tertiary alicyclic amines) is 1. The topological polar surface area (TPSA) is 21.1 Å². The first kappa shape index (κ1) is 13.9. The highest BCUT2D eigenvalue weighted by Crippen LogP contribution is 2.29. The molecule has 1 aliphatic rings. The first-order valence-corrected chi connectivity index (χ1v) is 8.11. The van der Waals surface area contributed by atoms with Crippen molar-refractivity contribution in [3.8, 4) is 0 Å². The number of benzene rings is 1. The van der Waals surface area contributed by atoms with Crippen molar-refractivity contribution in [2.24, 2.45) is 0 Å². The summed E-state index contributed by atoms with van der Waals surface area (Å²) in [5.74, 6) is 1.51. The standard InChI is InChI=1S/C16H22ClN3/c1-2-9-19-10-7-13(8-11-19)20-15-6-4-3-5-14(15)18-16(20)12-17/h3-6,13H,2,7-12H2,1H3. The van der Waals surface area contributed by atoms with Crippen molar-refractivity contribution in [2.75, 3.05) is 19.6 Å². The van der Waals surface area contributed by atoms with Crippen LogP contribution in [0.5, 0.6) is 0 Å². The van der Waals surface area contributed by atoms with Crippen LogP contribution in [0.25, 0.3) is 11.0 Å². The van der Waals surface area contributed by atoms with Crippen molar-refractivity contribution in [1.82, 2.24) is 14.5 Å². The molecule has 1 fully saturated rings. The number of nitrogens with zero attached hydrogens (tertiary/aromatic N) is 3. The predicted molar refractivity (Wildman–Crippen MR) is 84.3 cm³/mol. The van der Waals surface area contributed by atoms with Crippen LogP contribution in [0, 0.1) is 0 Å². The number of hydrogen-bond donors (Lipinski definition) is 0. The summed E-state index contributed by atoms with van der Waals surface area (Å²) in [6.45, 7) is 5.85. The average molecular weight is 292 g/mol. The molecule has 3 nitrogen and oxygen atoms in total. The molecule has 1 saturated heterocycles. The maximum absolute atomic E-state index is 6.11. The van der Waals surface area contributed by atoms with Gasteiger partial charge in [0.05, 0.1) is 16.9 Å². The lowest BCUT2D eigenvalue weighted by Crippen LogP contribution is -2.35. The van der Waals surface area contributed by atoms with E-state index in [1.807, 2.05) is 6.07 Å². The largest absolute Gasteiger partial charge is 0.324 e. The Kier molecular flexibility index (Phi) is 4.27. The van der Waals surface area contributed by atoms with Crippen molar-refractivity contribution >= 4 is 22.6 Å². The minimum Gasteiger partial charge on any atom is -0.324 e. The molecule has 0 radical (unpaired) electrons. The molecule has 0 atom stereocenters. The van der Waals surface area contributed by atoms with Crippen molar-refractivity contribution in [1.29, 1.82) is 0 Å². The number of halogens is 1. The van der Waals surface area contributed by atoms with E-state index in [1.54, 1.807) is 0 Å². The Balaban J connectivity index is 1.87. The van der Waals surface area contributed by atoms with Gasteiger partial charge in [0.15, 0.2) is 0 Å². The Hall–Kier alpha value is -1.06. The zero-order valence-electron chi connectivity index (χ0n) is 12.1. The first-order valence-electron chi connectivity index (χ1n) is 7.57. The number of hydrogen-bond acceptors (Lipinski definition) is 2. The molecule has 2 aromatic rings. The van der Waals surface area contributed by atoms with Crippen molar-refractivity contribution in [3.63, 3.8) is 0 Å². The minimum atomic E-state index is 0.490. The number of imidazole rings is 1. The Morgan fingerprint density at radius 2 is 2.00 bits per heavy atom. The van der Waals surface area contributed by atoms with Gasteiger partial charge in [0, 0.05) is 19.1 Å². The molecular weight excluding hydrogens is 270 g/mol. The lowest BCUT2D eigenvalue weighted by molar-refractivity contribution is 0.187. The second kappa shape index (κ2) is 6.15. The van der Waals surface area contributed by atoms with E-state index >= 15 is 0 Å². The van der Waals surface area contributed by atoms with Crippen molar-refractivity contribution in [3.05, 3.63) is 30.1 Å². The van der Waals surface area contributed by atoms with E-state index in [0.29, 0.717) is 11.9 Å². The molecule has 0 saturated carbocycles. The molecule has 0 amide bonds. The smallest absolute Gasteiger partial charge is 0.125 e. The molecule has 1 aromatic heterocycles. The van der Waals surface area contributed by atoms with Gasteiger partial charge >= 0.3 is 0 Å². The molecular formula is C16H22ClN3. The molecule has 4 heteroatoms. The average Bonchev–Trinajstić information content (AvgIpc) is 2.87. The summed E-state index contributed by atoms with van der Waals surface area (Å²) < 4.78 is 2.38. The predicted octanol–water partition coefficient (Wildman–Crippen LogP) is 3.82. The van der Waals surface area contributed by atoms with E-state index in [2.05, 4.69) is 39.6 Å². The van der Waals surface area contributed by atoms with Crippen LogP contribution < -0.4 is 0 Å². The molecule has 0 aliphatic carbocycles. The lowest BCUT2D eigenvalue weighted by Gasteiger charge is -2.33. The fourth-order valence-electron chi connectivity index (χ4n) is 3.31. The number of fused-ring (bicyclic) bond motifs is 1. The van der Waals surface area contributed by atoms with Crippen molar-refractivity contribution < 1.29 is 0 Å².